The van der Waals surface area contributed by atoms with E-state index >= 15 is 0 Å². The summed E-state index contributed by atoms with van der Waals surface area (Å²) in [6, 6.07) is 3.51. The predicted octanol–water partition coefficient (Wildman–Crippen LogP) is 3.83. The molecule has 0 spiro atoms. The van der Waals surface area contributed by atoms with Gasteiger partial charge in [0.05, 0.1) is 11.2 Å². The Bertz CT molecular complexity index is 586. The summed E-state index contributed by atoms with van der Waals surface area (Å²) in [5.74, 6) is -5.40. The maximum absolute atomic E-state index is 13.0. The molecule has 0 aliphatic heterocycles. The number of H-pyrrole nitrogens is 1. The molecule has 0 atom stereocenters. The van der Waals surface area contributed by atoms with Crippen LogP contribution >= 0.6 is 0 Å². The third-order valence-corrected chi connectivity index (χ3v) is 2.69. The van der Waals surface area contributed by atoms with Crippen molar-refractivity contribution < 1.29 is 26.3 Å². The lowest BCUT2D eigenvalue weighted by molar-refractivity contribution is -0.284. The maximum Gasteiger partial charge on any atom is 0.453 e. The standard InChI is InChI=1S/C11H8F6N2/c12-6-1-2-8-7(5-6)9(19-18-8)3-4-10(13,14)11(15,16)17/h1-2,5H,3-4H2,(H,18,19). The average molecular weight is 282 g/mol. The minimum atomic E-state index is -5.59. The van der Waals surface area contributed by atoms with Gasteiger partial charge in [-0.05, 0) is 24.6 Å². The molecule has 19 heavy (non-hydrogen) atoms. The van der Waals surface area contributed by atoms with Crippen LogP contribution in [0.5, 0.6) is 0 Å². The van der Waals surface area contributed by atoms with Crippen LogP contribution < -0.4 is 0 Å². The molecule has 0 fully saturated rings. The molecule has 0 saturated carbocycles. The summed E-state index contributed by atoms with van der Waals surface area (Å²) in [5, 5.41) is 6.28. The molecule has 0 aliphatic rings. The zero-order chi connectivity index (χ0) is 14.3. The summed E-state index contributed by atoms with van der Waals surface area (Å²) in [5.41, 5.74) is 0.366. The molecule has 0 saturated heterocycles. The lowest BCUT2D eigenvalue weighted by Gasteiger charge is -2.18. The van der Waals surface area contributed by atoms with Gasteiger partial charge in [0, 0.05) is 11.8 Å². The number of nitrogens with zero attached hydrogens (tertiary/aromatic N) is 1. The lowest BCUT2D eigenvalue weighted by Crippen LogP contribution is -2.36. The number of halogens is 6. The predicted molar refractivity (Wildman–Crippen MR) is 55.4 cm³/mol. The van der Waals surface area contributed by atoms with Crippen LogP contribution in [0.25, 0.3) is 10.9 Å². The molecule has 1 aromatic carbocycles. The van der Waals surface area contributed by atoms with Crippen molar-refractivity contribution in [3.8, 4) is 0 Å². The first-order valence-corrected chi connectivity index (χ1v) is 5.28. The van der Waals surface area contributed by atoms with Gasteiger partial charge in [0.25, 0.3) is 0 Å². The summed E-state index contributed by atoms with van der Waals surface area (Å²) >= 11 is 0. The van der Waals surface area contributed by atoms with Gasteiger partial charge in [-0.2, -0.15) is 27.1 Å². The van der Waals surface area contributed by atoms with E-state index in [9.17, 15) is 26.3 Å². The normalized spacial score (nSPS) is 13.2. The van der Waals surface area contributed by atoms with Crippen molar-refractivity contribution in [2.24, 2.45) is 0 Å². The fourth-order valence-electron chi connectivity index (χ4n) is 1.65. The second-order valence-corrected chi connectivity index (χ2v) is 4.06. The Hall–Kier alpha value is -1.73. The summed E-state index contributed by atoms with van der Waals surface area (Å²) in [7, 11) is 0. The molecule has 1 N–H and O–H groups in total. The smallest absolute Gasteiger partial charge is 0.278 e. The van der Waals surface area contributed by atoms with Gasteiger partial charge in [0.2, 0.25) is 0 Å². The Morgan fingerprint density at radius 3 is 2.42 bits per heavy atom. The number of nitrogens with one attached hydrogen (secondary N) is 1. The molecule has 2 aromatic rings. The van der Waals surface area contributed by atoms with E-state index in [-0.39, 0.29) is 11.1 Å². The van der Waals surface area contributed by atoms with E-state index in [1.807, 2.05) is 0 Å². The van der Waals surface area contributed by atoms with Gasteiger partial charge < -0.3 is 0 Å². The summed E-state index contributed by atoms with van der Waals surface area (Å²) in [4.78, 5) is 0. The van der Waals surface area contributed by atoms with Crippen molar-refractivity contribution in [3.05, 3.63) is 29.7 Å². The first-order chi connectivity index (χ1) is 8.71. The number of alkyl halides is 5. The van der Waals surface area contributed by atoms with Crippen LogP contribution in [-0.2, 0) is 6.42 Å². The Labute approximate surface area is 103 Å². The zero-order valence-corrected chi connectivity index (χ0v) is 9.36. The second-order valence-electron chi connectivity index (χ2n) is 4.06. The van der Waals surface area contributed by atoms with Gasteiger partial charge in [-0.1, -0.05) is 0 Å². The number of hydrogen-bond donors (Lipinski definition) is 1. The van der Waals surface area contributed by atoms with Crippen LogP contribution in [0.2, 0.25) is 0 Å². The molecule has 2 rings (SSSR count). The highest BCUT2D eigenvalue weighted by Crippen LogP contribution is 2.39. The SMILES string of the molecule is Fc1ccc2[nH]nc(CCC(F)(F)C(F)(F)F)c2c1. The van der Waals surface area contributed by atoms with Gasteiger partial charge >= 0.3 is 12.1 Å². The molecule has 1 heterocycles. The minimum absolute atomic E-state index is 0.0153. The quantitative estimate of drug-likeness (QED) is 0.851. The topological polar surface area (TPSA) is 28.7 Å². The Balaban J connectivity index is 2.21. The van der Waals surface area contributed by atoms with E-state index < -0.39 is 30.8 Å². The van der Waals surface area contributed by atoms with Crippen molar-refractivity contribution in [1.29, 1.82) is 0 Å². The zero-order valence-electron chi connectivity index (χ0n) is 9.36. The minimum Gasteiger partial charge on any atom is -0.278 e. The van der Waals surface area contributed by atoms with Crippen molar-refractivity contribution in [2.75, 3.05) is 0 Å². The molecule has 104 valence electrons. The Morgan fingerprint density at radius 2 is 1.79 bits per heavy atom. The van der Waals surface area contributed by atoms with Crippen LogP contribution in [0.1, 0.15) is 12.1 Å². The summed E-state index contributed by atoms with van der Waals surface area (Å²) in [6.45, 7) is 0. The molecule has 0 unspecified atom stereocenters. The number of aromatic amines is 1. The Morgan fingerprint density at radius 1 is 1.11 bits per heavy atom. The van der Waals surface area contributed by atoms with Crippen LogP contribution in [0.4, 0.5) is 26.3 Å². The van der Waals surface area contributed by atoms with Gasteiger partial charge in [-0.15, -0.1) is 0 Å². The van der Waals surface area contributed by atoms with Crippen molar-refractivity contribution >= 4 is 10.9 Å². The number of aryl methyl sites for hydroxylation is 1. The molecule has 0 aliphatic carbocycles. The fourth-order valence-corrected chi connectivity index (χ4v) is 1.65. The van der Waals surface area contributed by atoms with Crippen LogP contribution in [0, 0.1) is 5.82 Å². The lowest BCUT2D eigenvalue weighted by atomic mass is 10.1. The molecule has 8 heteroatoms. The summed E-state index contributed by atoms with van der Waals surface area (Å²) < 4.78 is 74.5. The average Bonchev–Trinajstić information content (AvgIpc) is 2.67. The van der Waals surface area contributed by atoms with Gasteiger partial charge in [-0.25, -0.2) is 4.39 Å². The van der Waals surface area contributed by atoms with Crippen LogP contribution in [0.15, 0.2) is 18.2 Å². The molecule has 0 radical (unpaired) electrons. The van der Waals surface area contributed by atoms with E-state index in [4.69, 9.17) is 0 Å². The molecule has 1 aromatic heterocycles. The number of rotatable bonds is 3. The van der Waals surface area contributed by atoms with E-state index in [1.54, 1.807) is 0 Å². The Kier molecular flexibility index (Phi) is 3.19. The maximum atomic E-state index is 13.0. The van der Waals surface area contributed by atoms with Crippen molar-refractivity contribution in [1.82, 2.24) is 10.2 Å². The van der Waals surface area contributed by atoms with Crippen LogP contribution in [-0.4, -0.2) is 22.3 Å². The van der Waals surface area contributed by atoms with Crippen LogP contribution in [0.3, 0.4) is 0 Å². The van der Waals surface area contributed by atoms with E-state index in [2.05, 4.69) is 10.2 Å². The first-order valence-electron chi connectivity index (χ1n) is 5.28. The van der Waals surface area contributed by atoms with E-state index in [0.717, 1.165) is 12.1 Å². The van der Waals surface area contributed by atoms with Gasteiger partial charge in [0.15, 0.2) is 0 Å². The third kappa shape index (κ3) is 2.66. The fraction of sp³-hybridized carbons (Fsp3) is 0.364. The second kappa shape index (κ2) is 4.43. The molecule has 0 bridgehead atoms. The van der Waals surface area contributed by atoms with E-state index in [1.165, 1.54) is 6.07 Å². The van der Waals surface area contributed by atoms with Gasteiger partial charge in [0.1, 0.15) is 5.82 Å². The first kappa shape index (κ1) is 13.7. The molecular weight excluding hydrogens is 274 g/mol. The van der Waals surface area contributed by atoms with E-state index in [0.29, 0.717) is 5.52 Å². The highest BCUT2D eigenvalue weighted by atomic mass is 19.4. The highest BCUT2D eigenvalue weighted by molar-refractivity contribution is 5.81. The number of aromatic nitrogens is 2. The van der Waals surface area contributed by atoms with Gasteiger partial charge in [-0.3, -0.25) is 5.10 Å². The summed E-state index contributed by atoms with van der Waals surface area (Å²) in [6.07, 6.45) is -7.62. The van der Waals surface area contributed by atoms with Crippen molar-refractivity contribution in [2.45, 2.75) is 24.9 Å². The largest absolute Gasteiger partial charge is 0.453 e. The monoisotopic (exact) mass is 282 g/mol. The number of benzene rings is 1. The number of fused-ring (bicyclic) bond motifs is 1. The highest BCUT2D eigenvalue weighted by Gasteiger charge is 2.56. The molecule has 2 nitrogen and oxygen atoms in total. The van der Waals surface area contributed by atoms with Crippen molar-refractivity contribution in [3.63, 3.8) is 0 Å². The number of hydrogen-bond acceptors (Lipinski definition) is 1. The molecular formula is C11H8F6N2. The molecule has 0 amide bonds. The third-order valence-electron chi connectivity index (χ3n) is 2.69.